The maximum Gasteiger partial charge on any atom is 0.306 e. The van der Waals surface area contributed by atoms with Crippen LogP contribution in [0.2, 0.25) is 0 Å². The number of carbonyl (C=O) groups excluding carboxylic acids is 3. The molecule has 364 valence electrons. The van der Waals surface area contributed by atoms with E-state index in [1.165, 1.54) is 70.6 Å². The summed E-state index contributed by atoms with van der Waals surface area (Å²) in [4.78, 5) is 37.7. The fourth-order valence-corrected chi connectivity index (χ4v) is 6.87. The minimum atomic E-state index is -0.782. The van der Waals surface area contributed by atoms with Gasteiger partial charge in [-0.2, -0.15) is 0 Å². The molecule has 1 atom stereocenters. The first-order valence-electron chi connectivity index (χ1n) is 26.2. The normalized spacial score (nSPS) is 12.9. The van der Waals surface area contributed by atoms with Crippen LogP contribution >= 0.6 is 0 Å². The third-order valence-electron chi connectivity index (χ3n) is 10.8. The number of hydrogen-bond acceptors (Lipinski definition) is 6. The van der Waals surface area contributed by atoms with Gasteiger partial charge in [-0.15, -0.1) is 0 Å². The zero-order chi connectivity index (χ0) is 46.5. The monoisotopic (exact) mass is 889 g/mol. The minimum absolute atomic E-state index is 0.0846. The largest absolute Gasteiger partial charge is 0.462 e. The number of hydrogen-bond donors (Lipinski definition) is 0. The first kappa shape index (κ1) is 60.3. The first-order valence-corrected chi connectivity index (χ1v) is 26.2. The maximum absolute atomic E-state index is 12.7. The van der Waals surface area contributed by atoms with E-state index in [0.29, 0.717) is 19.3 Å². The summed E-state index contributed by atoms with van der Waals surface area (Å²) in [5.41, 5.74) is 0. The second-order valence-corrected chi connectivity index (χ2v) is 17.1. The Morgan fingerprint density at radius 2 is 0.625 bits per heavy atom. The van der Waals surface area contributed by atoms with Crippen molar-refractivity contribution in [3.8, 4) is 0 Å². The Morgan fingerprint density at radius 3 is 1.02 bits per heavy atom. The summed E-state index contributed by atoms with van der Waals surface area (Å²) in [6.45, 7) is 6.39. The Bertz CT molecular complexity index is 1300. The van der Waals surface area contributed by atoms with Crippen molar-refractivity contribution in [2.45, 2.75) is 239 Å². The van der Waals surface area contributed by atoms with Crippen LogP contribution in [0.3, 0.4) is 0 Å². The summed E-state index contributed by atoms with van der Waals surface area (Å²) in [6, 6.07) is 0. The summed E-state index contributed by atoms with van der Waals surface area (Å²) in [7, 11) is 0. The lowest BCUT2D eigenvalue weighted by atomic mass is 10.1. The van der Waals surface area contributed by atoms with Crippen LogP contribution in [0.25, 0.3) is 0 Å². The molecule has 0 spiro atoms. The number of unbranched alkanes of at least 4 members (excludes halogenated alkanes) is 19. The molecular weight excluding hydrogens is 793 g/mol. The molecule has 1 unspecified atom stereocenters. The van der Waals surface area contributed by atoms with Crippen LogP contribution < -0.4 is 0 Å². The first-order chi connectivity index (χ1) is 31.5. The third-order valence-corrected chi connectivity index (χ3v) is 10.8. The van der Waals surface area contributed by atoms with Crippen LogP contribution in [0, 0.1) is 0 Å². The van der Waals surface area contributed by atoms with Crippen LogP contribution in [-0.2, 0) is 28.6 Å². The summed E-state index contributed by atoms with van der Waals surface area (Å²) in [5.74, 6) is -0.921. The van der Waals surface area contributed by atoms with Gasteiger partial charge in [0.2, 0.25) is 0 Å². The highest BCUT2D eigenvalue weighted by Gasteiger charge is 2.19. The smallest absolute Gasteiger partial charge is 0.306 e. The highest BCUT2D eigenvalue weighted by molar-refractivity contribution is 5.71. The van der Waals surface area contributed by atoms with E-state index in [9.17, 15) is 14.4 Å². The topological polar surface area (TPSA) is 78.9 Å². The zero-order valence-corrected chi connectivity index (χ0v) is 41.5. The second kappa shape index (κ2) is 52.0. The van der Waals surface area contributed by atoms with Gasteiger partial charge in [0, 0.05) is 19.3 Å². The number of allylic oxidation sites excluding steroid dienone is 16. The summed E-state index contributed by atoms with van der Waals surface area (Å²) >= 11 is 0. The summed E-state index contributed by atoms with van der Waals surface area (Å²) in [6.07, 6.45) is 68.6. The Morgan fingerprint density at radius 1 is 0.328 bits per heavy atom. The molecular formula is C58H96O6. The Kier molecular flexibility index (Phi) is 49.0. The van der Waals surface area contributed by atoms with E-state index < -0.39 is 6.10 Å². The maximum atomic E-state index is 12.7. The predicted molar refractivity (Wildman–Crippen MR) is 274 cm³/mol. The van der Waals surface area contributed by atoms with Gasteiger partial charge in [0.1, 0.15) is 13.2 Å². The van der Waals surface area contributed by atoms with Crippen LogP contribution in [0.15, 0.2) is 97.2 Å². The minimum Gasteiger partial charge on any atom is -0.462 e. The Hall–Kier alpha value is -3.67. The van der Waals surface area contributed by atoms with Crippen molar-refractivity contribution in [3.63, 3.8) is 0 Å². The molecule has 6 nitrogen and oxygen atoms in total. The lowest BCUT2D eigenvalue weighted by Crippen LogP contribution is -2.30. The molecule has 0 aliphatic heterocycles. The molecule has 0 amide bonds. The molecule has 0 saturated carbocycles. The van der Waals surface area contributed by atoms with Gasteiger partial charge in [-0.1, -0.05) is 214 Å². The average Bonchev–Trinajstić information content (AvgIpc) is 3.29. The number of ether oxygens (including phenoxy) is 3. The SMILES string of the molecule is CC/C=C\C/C=C\C/C=C\C/C=C\C/C=C\C/C=C\C/C=C\CCCCCCCCCC(=O)OCC(COC(=O)CCCCCCCC)OC(=O)CCCCCCC/C=C\CCCC. The number of carbonyl (C=O) groups is 3. The van der Waals surface area contributed by atoms with Gasteiger partial charge in [-0.05, 0) is 96.3 Å². The van der Waals surface area contributed by atoms with Crippen LogP contribution in [0.5, 0.6) is 0 Å². The van der Waals surface area contributed by atoms with Crippen molar-refractivity contribution in [2.24, 2.45) is 0 Å². The van der Waals surface area contributed by atoms with Gasteiger partial charge >= 0.3 is 17.9 Å². The van der Waals surface area contributed by atoms with Crippen LogP contribution in [0.4, 0.5) is 0 Å². The average molecular weight is 889 g/mol. The molecule has 0 N–H and O–H groups in total. The Labute approximate surface area is 394 Å². The summed E-state index contributed by atoms with van der Waals surface area (Å²) < 4.78 is 16.7. The molecule has 0 radical (unpaired) electrons. The van der Waals surface area contributed by atoms with Crippen LogP contribution in [0.1, 0.15) is 233 Å². The summed E-state index contributed by atoms with van der Waals surface area (Å²) in [5, 5.41) is 0. The lowest BCUT2D eigenvalue weighted by Gasteiger charge is -2.18. The standard InChI is InChI=1S/C58H96O6/c1-4-7-10-13-16-18-20-21-22-23-24-25-26-27-28-29-30-31-32-33-34-35-36-37-39-40-42-45-48-51-57(60)63-54-55(53-62-56(59)50-47-44-15-12-9-6-3)64-58(61)52-49-46-43-41-38-19-17-14-11-8-5-2/h7,10,14,16-18,21-22,24-25,27-28,30-31,33-34,55H,4-6,8-9,11-13,15,19-20,23,26,29,32,35-54H2,1-3H3/b10-7-,17-14-,18-16-,22-21-,25-24-,28-27-,31-30-,34-33-. The zero-order valence-electron chi connectivity index (χ0n) is 41.5. The van der Waals surface area contributed by atoms with Gasteiger partial charge in [0.05, 0.1) is 0 Å². The van der Waals surface area contributed by atoms with E-state index in [2.05, 4.69) is 118 Å². The van der Waals surface area contributed by atoms with E-state index in [-0.39, 0.29) is 31.1 Å². The molecule has 6 heteroatoms. The molecule has 0 aliphatic rings. The van der Waals surface area contributed by atoms with Gasteiger partial charge in [-0.3, -0.25) is 14.4 Å². The molecule has 0 heterocycles. The fourth-order valence-electron chi connectivity index (χ4n) is 6.87. The molecule has 0 rings (SSSR count). The second-order valence-electron chi connectivity index (χ2n) is 17.1. The molecule has 64 heavy (non-hydrogen) atoms. The quantitative estimate of drug-likeness (QED) is 0.0262. The van der Waals surface area contributed by atoms with E-state index in [1.54, 1.807) is 0 Å². The van der Waals surface area contributed by atoms with E-state index in [1.807, 2.05) is 0 Å². The predicted octanol–water partition coefficient (Wildman–Crippen LogP) is 17.4. The van der Waals surface area contributed by atoms with Crippen molar-refractivity contribution in [3.05, 3.63) is 97.2 Å². The fraction of sp³-hybridized carbons (Fsp3) is 0.672. The third kappa shape index (κ3) is 49.3. The van der Waals surface area contributed by atoms with Crippen molar-refractivity contribution >= 4 is 17.9 Å². The molecule has 0 aromatic rings. The van der Waals surface area contributed by atoms with Gasteiger partial charge in [0.25, 0.3) is 0 Å². The molecule has 0 bridgehead atoms. The van der Waals surface area contributed by atoms with Crippen LogP contribution in [-0.4, -0.2) is 37.2 Å². The van der Waals surface area contributed by atoms with E-state index in [4.69, 9.17) is 14.2 Å². The Balaban J connectivity index is 4.13. The highest BCUT2D eigenvalue weighted by Crippen LogP contribution is 2.13. The van der Waals surface area contributed by atoms with Crippen molar-refractivity contribution in [1.82, 2.24) is 0 Å². The molecule has 0 aromatic carbocycles. The molecule has 0 aliphatic carbocycles. The van der Waals surface area contributed by atoms with Gasteiger partial charge < -0.3 is 14.2 Å². The van der Waals surface area contributed by atoms with E-state index >= 15 is 0 Å². The van der Waals surface area contributed by atoms with Crippen molar-refractivity contribution in [2.75, 3.05) is 13.2 Å². The molecule has 0 fully saturated rings. The number of rotatable bonds is 46. The van der Waals surface area contributed by atoms with Crippen molar-refractivity contribution in [1.29, 1.82) is 0 Å². The lowest BCUT2D eigenvalue weighted by molar-refractivity contribution is -0.167. The number of esters is 3. The molecule has 0 saturated heterocycles. The molecule has 0 aromatic heterocycles. The van der Waals surface area contributed by atoms with Crippen molar-refractivity contribution < 1.29 is 28.6 Å². The highest BCUT2D eigenvalue weighted by atomic mass is 16.6. The van der Waals surface area contributed by atoms with Gasteiger partial charge in [0.15, 0.2) is 6.10 Å². The van der Waals surface area contributed by atoms with E-state index in [0.717, 1.165) is 122 Å². The van der Waals surface area contributed by atoms with Gasteiger partial charge in [-0.25, -0.2) is 0 Å².